The Bertz CT molecular complexity index is 263. The van der Waals surface area contributed by atoms with Gasteiger partial charge in [0.2, 0.25) is 5.91 Å². The van der Waals surface area contributed by atoms with Crippen LogP contribution in [-0.2, 0) is 9.53 Å². The van der Waals surface area contributed by atoms with Gasteiger partial charge in [-0.2, -0.15) is 0 Å². The van der Waals surface area contributed by atoms with Crippen LogP contribution in [0.1, 0.15) is 38.5 Å². The molecular formula is C13H23NO3. The van der Waals surface area contributed by atoms with Gasteiger partial charge in [-0.3, -0.25) is 4.79 Å². The molecule has 1 atom stereocenters. The first kappa shape index (κ1) is 14.2. The van der Waals surface area contributed by atoms with Gasteiger partial charge in [-0.25, -0.2) is 0 Å². The van der Waals surface area contributed by atoms with Gasteiger partial charge < -0.3 is 15.2 Å². The summed E-state index contributed by atoms with van der Waals surface area (Å²) in [5.41, 5.74) is 1.26. The molecule has 0 radical (unpaired) electrons. The molecule has 0 spiro atoms. The van der Waals surface area contributed by atoms with E-state index in [1.165, 1.54) is 18.4 Å². The molecule has 17 heavy (non-hydrogen) atoms. The summed E-state index contributed by atoms with van der Waals surface area (Å²) < 4.78 is 4.81. The highest BCUT2D eigenvalue weighted by Gasteiger charge is 2.09. The van der Waals surface area contributed by atoms with Crippen molar-refractivity contribution in [2.45, 2.75) is 44.6 Å². The quantitative estimate of drug-likeness (QED) is 0.662. The average Bonchev–Trinajstić information content (AvgIpc) is 2.30. The summed E-state index contributed by atoms with van der Waals surface area (Å²) in [4.78, 5) is 11.6. The number of hydrogen-bond acceptors (Lipinski definition) is 3. The number of carbonyl (C=O) groups excluding carboxylic acids is 1. The van der Waals surface area contributed by atoms with Gasteiger partial charge in [0.05, 0.1) is 12.7 Å². The normalized spacial score (nSPS) is 17.4. The molecule has 2 N–H and O–H groups in total. The van der Waals surface area contributed by atoms with Crippen LogP contribution in [0.5, 0.6) is 0 Å². The van der Waals surface area contributed by atoms with Crippen LogP contribution in [0, 0.1) is 0 Å². The first-order valence-electron chi connectivity index (χ1n) is 6.34. The van der Waals surface area contributed by atoms with Crippen LogP contribution in [0.2, 0.25) is 0 Å². The summed E-state index contributed by atoms with van der Waals surface area (Å²) in [6.45, 7) is 0.831. The topological polar surface area (TPSA) is 58.6 Å². The molecule has 1 aliphatic carbocycles. The molecule has 0 bridgehead atoms. The van der Waals surface area contributed by atoms with Crippen molar-refractivity contribution in [1.29, 1.82) is 0 Å². The second-order valence-corrected chi connectivity index (χ2v) is 4.53. The third-order valence-electron chi connectivity index (χ3n) is 2.93. The van der Waals surface area contributed by atoms with Crippen molar-refractivity contribution in [3.8, 4) is 0 Å². The molecule has 4 heteroatoms. The van der Waals surface area contributed by atoms with Gasteiger partial charge in [0.1, 0.15) is 0 Å². The van der Waals surface area contributed by atoms with Crippen molar-refractivity contribution in [1.82, 2.24) is 5.32 Å². The number of allylic oxidation sites excluding steroid dienone is 1. The third-order valence-corrected chi connectivity index (χ3v) is 2.93. The highest BCUT2D eigenvalue weighted by molar-refractivity contribution is 5.78. The van der Waals surface area contributed by atoms with E-state index in [2.05, 4.69) is 11.4 Å². The lowest BCUT2D eigenvalue weighted by molar-refractivity contribution is -0.120. The van der Waals surface area contributed by atoms with Crippen LogP contribution in [0.25, 0.3) is 0 Å². The Labute approximate surface area is 103 Å². The highest BCUT2D eigenvalue weighted by Crippen LogP contribution is 2.19. The Morgan fingerprint density at radius 2 is 2.41 bits per heavy atom. The number of methoxy groups -OCH3 is 1. The molecule has 0 aromatic heterocycles. The smallest absolute Gasteiger partial charge is 0.224 e. The van der Waals surface area contributed by atoms with E-state index in [1.807, 2.05) is 0 Å². The maximum atomic E-state index is 11.6. The Hall–Kier alpha value is -0.870. The number of ether oxygens (including phenoxy) is 1. The minimum atomic E-state index is -0.491. The molecule has 0 saturated carbocycles. The van der Waals surface area contributed by atoms with Crippen molar-refractivity contribution in [3.05, 3.63) is 11.6 Å². The zero-order chi connectivity index (χ0) is 12.5. The Balaban J connectivity index is 2.10. The maximum Gasteiger partial charge on any atom is 0.224 e. The molecule has 0 heterocycles. The van der Waals surface area contributed by atoms with E-state index in [4.69, 9.17) is 4.74 Å². The number of amides is 1. The van der Waals surface area contributed by atoms with Crippen LogP contribution in [0.3, 0.4) is 0 Å². The van der Waals surface area contributed by atoms with E-state index in [9.17, 15) is 9.90 Å². The molecule has 0 aromatic rings. The van der Waals surface area contributed by atoms with Crippen LogP contribution >= 0.6 is 0 Å². The van der Waals surface area contributed by atoms with E-state index >= 15 is 0 Å². The van der Waals surface area contributed by atoms with Crippen molar-refractivity contribution in [2.75, 3.05) is 20.3 Å². The van der Waals surface area contributed by atoms with Crippen LogP contribution in [0.4, 0.5) is 0 Å². The van der Waals surface area contributed by atoms with E-state index in [0.717, 1.165) is 12.8 Å². The number of aliphatic hydroxyl groups excluding tert-OH is 1. The lowest BCUT2D eigenvalue weighted by Crippen LogP contribution is -2.28. The molecule has 0 aromatic carbocycles. The predicted molar refractivity (Wildman–Crippen MR) is 66.7 cm³/mol. The lowest BCUT2D eigenvalue weighted by atomic mass is 9.97. The summed E-state index contributed by atoms with van der Waals surface area (Å²) >= 11 is 0. The fourth-order valence-electron chi connectivity index (χ4n) is 1.99. The Kier molecular flexibility index (Phi) is 6.89. The highest BCUT2D eigenvalue weighted by atomic mass is 16.5. The Morgan fingerprint density at radius 1 is 1.59 bits per heavy atom. The molecule has 0 saturated heterocycles. The SMILES string of the molecule is COCC(O)CCNC(=O)CC1=CCCCC1. The van der Waals surface area contributed by atoms with Crippen LogP contribution in [-0.4, -0.2) is 37.4 Å². The molecule has 0 aliphatic heterocycles. The van der Waals surface area contributed by atoms with Gasteiger partial charge in [0, 0.05) is 20.1 Å². The summed E-state index contributed by atoms with van der Waals surface area (Å²) in [6.07, 6.45) is 7.35. The first-order chi connectivity index (χ1) is 8.22. The van der Waals surface area contributed by atoms with Crippen molar-refractivity contribution in [2.24, 2.45) is 0 Å². The lowest BCUT2D eigenvalue weighted by Gasteiger charge is -2.13. The fraction of sp³-hybridized carbons (Fsp3) is 0.769. The molecule has 4 nitrogen and oxygen atoms in total. The molecule has 98 valence electrons. The molecular weight excluding hydrogens is 218 g/mol. The minimum Gasteiger partial charge on any atom is -0.391 e. The first-order valence-corrected chi connectivity index (χ1v) is 6.34. The van der Waals surface area contributed by atoms with E-state index in [0.29, 0.717) is 26.0 Å². The predicted octanol–water partition coefficient (Wildman–Crippen LogP) is 1.39. The van der Waals surface area contributed by atoms with Gasteiger partial charge in [0.25, 0.3) is 0 Å². The molecule has 1 unspecified atom stereocenters. The van der Waals surface area contributed by atoms with Crippen LogP contribution < -0.4 is 5.32 Å². The summed E-state index contributed by atoms with van der Waals surface area (Å²) in [5.74, 6) is 0.0581. The van der Waals surface area contributed by atoms with Gasteiger partial charge in [-0.1, -0.05) is 11.6 Å². The minimum absolute atomic E-state index is 0.0581. The summed E-state index contributed by atoms with van der Waals surface area (Å²) in [6, 6.07) is 0. The largest absolute Gasteiger partial charge is 0.391 e. The molecule has 0 fully saturated rings. The number of aliphatic hydroxyl groups is 1. The van der Waals surface area contributed by atoms with Crippen LogP contribution in [0.15, 0.2) is 11.6 Å². The van der Waals surface area contributed by atoms with Gasteiger partial charge in [-0.05, 0) is 32.1 Å². The number of nitrogens with one attached hydrogen (secondary N) is 1. The second kappa shape index (κ2) is 8.25. The second-order valence-electron chi connectivity index (χ2n) is 4.53. The summed E-state index contributed by atoms with van der Waals surface area (Å²) in [7, 11) is 1.55. The fourth-order valence-corrected chi connectivity index (χ4v) is 1.99. The standard InChI is InChI=1S/C13H23NO3/c1-17-10-12(15)7-8-14-13(16)9-11-5-3-2-4-6-11/h5,12,15H,2-4,6-10H2,1H3,(H,14,16). The summed E-state index contributed by atoms with van der Waals surface area (Å²) in [5, 5.41) is 12.2. The van der Waals surface area contributed by atoms with Crippen molar-refractivity contribution < 1.29 is 14.6 Å². The van der Waals surface area contributed by atoms with E-state index in [-0.39, 0.29) is 5.91 Å². The van der Waals surface area contributed by atoms with Crippen molar-refractivity contribution in [3.63, 3.8) is 0 Å². The van der Waals surface area contributed by atoms with Gasteiger partial charge >= 0.3 is 0 Å². The maximum absolute atomic E-state index is 11.6. The average molecular weight is 241 g/mol. The zero-order valence-corrected chi connectivity index (χ0v) is 10.6. The van der Waals surface area contributed by atoms with Gasteiger partial charge in [0.15, 0.2) is 0 Å². The number of rotatable bonds is 7. The van der Waals surface area contributed by atoms with E-state index < -0.39 is 6.10 Å². The zero-order valence-electron chi connectivity index (χ0n) is 10.6. The van der Waals surface area contributed by atoms with E-state index in [1.54, 1.807) is 7.11 Å². The molecule has 1 aliphatic rings. The molecule has 1 amide bonds. The monoisotopic (exact) mass is 241 g/mol. The third kappa shape index (κ3) is 6.44. The number of hydrogen-bond donors (Lipinski definition) is 2. The Morgan fingerprint density at radius 3 is 3.06 bits per heavy atom. The van der Waals surface area contributed by atoms with Gasteiger partial charge in [-0.15, -0.1) is 0 Å². The van der Waals surface area contributed by atoms with Crippen molar-refractivity contribution >= 4 is 5.91 Å². The molecule has 1 rings (SSSR count). The number of carbonyl (C=O) groups is 1.